The highest BCUT2D eigenvalue weighted by Crippen LogP contribution is 2.41. The highest BCUT2D eigenvalue weighted by Gasteiger charge is 2.32. The second kappa shape index (κ2) is 5.30. The summed E-state index contributed by atoms with van der Waals surface area (Å²) in [5.74, 6) is 0.963. The van der Waals surface area contributed by atoms with Crippen LogP contribution < -0.4 is 5.32 Å². The predicted molar refractivity (Wildman–Crippen MR) is 75.2 cm³/mol. The molecule has 0 radical (unpaired) electrons. The summed E-state index contributed by atoms with van der Waals surface area (Å²) in [7, 11) is 0. The quantitative estimate of drug-likeness (QED) is 0.877. The first-order valence-electron chi connectivity index (χ1n) is 6.92. The van der Waals surface area contributed by atoms with Gasteiger partial charge in [0.2, 0.25) is 0 Å². The fourth-order valence-corrected chi connectivity index (χ4v) is 3.47. The van der Waals surface area contributed by atoms with E-state index in [9.17, 15) is 4.39 Å². The van der Waals surface area contributed by atoms with Gasteiger partial charge in [-0.25, -0.2) is 4.39 Å². The van der Waals surface area contributed by atoms with Crippen LogP contribution in [0.4, 0.5) is 4.39 Å². The molecule has 1 aromatic rings. The van der Waals surface area contributed by atoms with Crippen LogP contribution in [0.15, 0.2) is 22.7 Å². The van der Waals surface area contributed by atoms with Crippen molar-refractivity contribution in [3.63, 3.8) is 0 Å². The molecule has 2 atom stereocenters. The minimum atomic E-state index is -0.0403. The molecule has 0 saturated heterocycles. The molecule has 0 heterocycles. The van der Waals surface area contributed by atoms with Crippen molar-refractivity contribution >= 4 is 15.9 Å². The Labute approximate surface area is 116 Å². The van der Waals surface area contributed by atoms with Crippen LogP contribution >= 0.6 is 15.9 Å². The summed E-state index contributed by atoms with van der Waals surface area (Å²) in [6.45, 7) is 1.06. The molecule has 2 saturated carbocycles. The molecule has 1 nitrogen and oxygen atoms in total. The molecule has 2 aliphatic carbocycles. The van der Waals surface area contributed by atoms with Crippen LogP contribution in [0.1, 0.15) is 43.6 Å². The van der Waals surface area contributed by atoms with Crippen molar-refractivity contribution in [3.05, 3.63) is 34.1 Å². The highest BCUT2D eigenvalue weighted by molar-refractivity contribution is 9.10. The van der Waals surface area contributed by atoms with Gasteiger partial charge in [0.05, 0.1) is 0 Å². The molecule has 2 unspecified atom stereocenters. The van der Waals surface area contributed by atoms with Gasteiger partial charge in [-0.3, -0.25) is 0 Å². The lowest BCUT2D eigenvalue weighted by Gasteiger charge is -2.21. The van der Waals surface area contributed by atoms with Crippen LogP contribution in [0, 0.1) is 11.7 Å². The zero-order valence-electron chi connectivity index (χ0n) is 10.5. The zero-order valence-corrected chi connectivity index (χ0v) is 12.0. The highest BCUT2D eigenvalue weighted by atomic mass is 79.9. The Kier molecular flexibility index (Phi) is 3.71. The molecular weight excluding hydrogens is 293 g/mol. The molecule has 0 aromatic heterocycles. The van der Waals surface area contributed by atoms with Crippen molar-refractivity contribution < 1.29 is 4.39 Å². The van der Waals surface area contributed by atoms with E-state index in [2.05, 4.69) is 21.2 Å². The van der Waals surface area contributed by atoms with Gasteiger partial charge in [-0.2, -0.15) is 0 Å². The minimum absolute atomic E-state index is 0.0403. The van der Waals surface area contributed by atoms with E-state index in [1.807, 2.05) is 6.07 Å². The average molecular weight is 312 g/mol. The second-order valence-electron chi connectivity index (χ2n) is 5.65. The van der Waals surface area contributed by atoms with Crippen molar-refractivity contribution in [2.24, 2.45) is 5.92 Å². The lowest BCUT2D eigenvalue weighted by molar-refractivity contribution is 0.431. The van der Waals surface area contributed by atoms with Gasteiger partial charge in [-0.1, -0.05) is 22.4 Å². The van der Waals surface area contributed by atoms with Gasteiger partial charge in [0.25, 0.3) is 0 Å². The van der Waals surface area contributed by atoms with Gasteiger partial charge in [-0.05, 0) is 67.8 Å². The van der Waals surface area contributed by atoms with Gasteiger partial charge in [0.1, 0.15) is 5.82 Å². The number of benzene rings is 1. The third kappa shape index (κ3) is 2.77. The third-order valence-electron chi connectivity index (χ3n) is 4.26. The molecule has 98 valence electrons. The molecule has 1 N–H and O–H groups in total. The predicted octanol–water partition coefficient (Wildman–Crippen LogP) is 4.22. The average Bonchev–Trinajstić information content (AvgIpc) is 3.08. The van der Waals surface area contributed by atoms with Crippen LogP contribution in [-0.4, -0.2) is 12.6 Å². The number of hydrogen-bond donors (Lipinski definition) is 1. The SMILES string of the molecule is Fc1ccc(Br)cc1C1CCCC1CNC1CC1. The van der Waals surface area contributed by atoms with E-state index in [1.165, 1.54) is 25.7 Å². The minimum Gasteiger partial charge on any atom is -0.314 e. The van der Waals surface area contributed by atoms with E-state index in [4.69, 9.17) is 0 Å². The summed E-state index contributed by atoms with van der Waals surface area (Å²) >= 11 is 3.45. The maximum atomic E-state index is 14.0. The molecule has 0 spiro atoms. The largest absolute Gasteiger partial charge is 0.314 e. The molecule has 3 rings (SSSR count). The summed E-state index contributed by atoms with van der Waals surface area (Å²) in [6.07, 6.45) is 6.24. The number of rotatable bonds is 4. The van der Waals surface area contributed by atoms with E-state index in [-0.39, 0.29) is 5.82 Å². The van der Waals surface area contributed by atoms with Gasteiger partial charge in [0, 0.05) is 10.5 Å². The fourth-order valence-electron chi connectivity index (χ4n) is 3.09. The van der Waals surface area contributed by atoms with Gasteiger partial charge in [-0.15, -0.1) is 0 Å². The molecule has 3 heteroatoms. The van der Waals surface area contributed by atoms with E-state index < -0.39 is 0 Å². The Morgan fingerprint density at radius 3 is 2.83 bits per heavy atom. The first-order valence-corrected chi connectivity index (χ1v) is 7.71. The van der Waals surface area contributed by atoms with Gasteiger partial charge < -0.3 is 5.32 Å². The summed E-state index contributed by atoms with van der Waals surface area (Å²) in [5.41, 5.74) is 0.907. The van der Waals surface area contributed by atoms with Gasteiger partial charge >= 0.3 is 0 Å². The van der Waals surface area contributed by atoms with Crippen LogP contribution in [0.3, 0.4) is 0 Å². The van der Waals surface area contributed by atoms with E-state index in [0.717, 1.165) is 29.0 Å². The van der Waals surface area contributed by atoms with Crippen molar-refractivity contribution in [3.8, 4) is 0 Å². The Morgan fingerprint density at radius 2 is 2.06 bits per heavy atom. The van der Waals surface area contributed by atoms with Crippen LogP contribution in [0.5, 0.6) is 0 Å². The molecule has 0 amide bonds. The van der Waals surface area contributed by atoms with E-state index >= 15 is 0 Å². The van der Waals surface area contributed by atoms with Crippen molar-refractivity contribution in [2.75, 3.05) is 6.54 Å². The smallest absolute Gasteiger partial charge is 0.126 e. The first-order chi connectivity index (χ1) is 8.74. The van der Waals surface area contributed by atoms with Crippen molar-refractivity contribution in [2.45, 2.75) is 44.1 Å². The topological polar surface area (TPSA) is 12.0 Å². The Morgan fingerprint density at radius 1 is 1.22 bits per heavy atom. The third-order valence-corrected chi connectivity index (χ3v) is 4.76. The van der Waals surface area contributed by atoms with E-state index in [1.54, 1.807) is 12.1 Å². The molecule has 0 bridgehead atoms. The summed E-state index contributed by atoms with van der Waals surface area (Å²) in [4.78, 5) is 0. The lowest BCUT2D eigenvalue weighted by Crippen LogP contribution is -2.26. The molecule has 2 aliphatic rings. The standard InChI is InChI=1S/C15H19BrFN/c16-11-4-7-15(17)14(8-11)13-3-1-2-10(13)9-18-12-5-6-12/h4,7-8,10,12-13,18H,1-3,5-6,9H2. The number of nitrogens with one attached hydrogen (secondary N) is 1. The normalized spacial score (nSPS) is 27.7. The maximum absolute atomic E-state index is 14.0. The Balaban J connectivity index is 1.73. The first kappa shape index (κ1) is 12.6. The Bertz CT molecular complexity index is 431. The van der Waals surface area contributed by atoms with Crippen molar-refractivity contribution in [1.82, 2.24) is 5.32 Å². The molecule has 2 fully saturated rings. The zero-order chi connectivity index (χ0) is 12.5. The molecular formula is C15H19BrFN. The monoisotopic (exact) mass is 311 g/mol. The lowest BCUT2D eigenvalue weighted by atomic mass is 9.88. The molecule has 18 heavy (non-hydrogen) atoms. The Hall–Kier alpha value is -0.410. The second-order valence-corrected chi connectivity index (χ2v) is 6.56. The number of halogens is 2. The molecule has 1 aromatic carbocycles. The van der Waals surface area contributed by atoms with Crippen LogP contribution in [-0.2, 0) is 0 Å². The number of hydrogen-bond acceptors (Lipinski definition) is 1. The van der Waals surface area contributed by atoms with E-state index in [0.29, 0.717) is 11.8 Å². The fraction of sp³-hybridized carbons (Fsp3) is 0.600. The van der Waals surface area contributed by atoms with Gasteiger partial charge in [0.15, 0.2) is 0 Å². The van der Waals surface area contributed by atoms with Crippen LogP contribution in [0.2, 0.25) is 0 Å². The summed E-state index contributed by atoms with van der Waals surface area (Å²) in [5, 5.41) is 3.60. The summed E-state index contributed by atoms with van der Waals surface area (Å²) in [6, 6.07) is 6.09. The molecule has 0 aliphatic heterocycles. The van der Waals surface area contributed by atoms with Crippen molar-refractivity contribution in [1.29, 1.82) is 0 Å². The van der Waals surface area contributed by atoms with Crippen LogP contribution in [0.25, 0.3) is 0 Å². The summed E-state index contributed by atoms with van der Waals surface area (Å²) < 4.78 is 15.0. The maximum Gasteiger partial charge on any atom is 0.126 e.